The van der Waals surface area contributed by atoms with Crippen molar-refractivity contribution in [2.45, 2.75) is 77.7 Å². The van der Waals surface area contributed by atoms with Gasteiger partial charge in [0.15, 0.2) is 0 Å². The summed E-state index contributed by atoms with van der Waals surface area (Å²) in [6.07, 6.45) is 8.21. The molecule has 1 aromatic carbocycles. The van der Waals surface area contributed by atoms with E-state index in [1.807, 2.05) is 0 Å². The predicted octanol–water partition coefficient (Wildman–Crippen LogP) is 5.09. The van der Waals surface area contributed by atoms with Crippen molar-refractivity contribution in [1.82, 2.24) is 5.32 Å². The van der Waals surface area contributed by atoms with Crippen molar-refractivity contribution in [2.24, 2.45) is 5.92 Å². The third-order valence-electron chi connectivity index (χ3n) is 4.94. The minimum Gasteiger partial charge on any atom is -0.314 e. The fraction of sp³-hybridized carbons (Fsp3) is 0.700. The Bertz CT molecular complexity index is 412. The van der Waals surface area contributed by atoms with Gasteiger partial charge in [-0.15, -0.1) is 0 Å². The predicted molar refractivity (Wildman–Crippen MR) is 92.9 cm³/mol. The normalized spacial score (nSPS) is 23.8. The lowest BCUT2D eigenvalue weighted by Crippen LogP contribution is -2.36. The Morgan fingerprint density at radius 3 is 2.29 bits per heavy atom. The van der Waals surface area contributed by atoms with Gasteiger partial charge in [0, 0.05) is 6.04 Å². The highest BCUT2D eigenvalue weighted by Crippen LogP contribution is 2.28. The summed E-state index contributed by atoms with van der Waals surface area (Å²) in [6.45, 7) is 10.2. The molecular formula is C20H33N. The van der Waals surface area contributed by atoms with Gasteiger partial charge < -0.3 is 5.32 Å². The molecule has 118 valence electrons. The van der Waals surface area contributed by atoms with E-state index in [2.05, 4.69) is 57.3 Å². The highest BCUT2D eigenvalue weighted by Gasteiger charge is 2.23. The molecule has 1 fully saturated rings. The lowest BCUT2D eigenvalue weighted by Gasteiger charge is -2.26. The Morgan fingerprint density at radius 1 is 1.00 bits per heavy atom. The molecule has 2 rings (SSSR count). The van der Waals surface area contributed by atoms with Gasteiger partial charge in [0.05, 0.1) is 0 Å². The van der Waals surface area contributed by atoms with E-state index in [0.717, 1.165) is 18.5 Å². The molecule has 1 N–H and O–H groups in total. The maximum Gasteiger partial charge on any atom is 0.00983 e. The average Bonchev–Trinajstić information content (AvgIpc) is 2.65. The van der Waals surface area contributed by atoms with Crippen LogP contribution in [0.3, 0.4) is 0 Å². The van der Waals surface area contributed by atoms with Crippen LogP contribution in [0, 0.1) is 5.92 Å². The number of nitrogens with one attached hydrogen (secondary N) is 1. The fourth-order valence-corrected chi connectivity index (χ4v) is 3.60. The molecule has 1 nitrogen and oxygen atoms in total. The van der Waals surface area contributed by atoms with Crippen LogP contribution in [-0.2, 0) is 11.8 Å². The number of rotatable bonds is 4. The largest absolute Gasteiger partial charge is 0.314 e. The van der Waals surface area contributed by atoms with Crippen LogP contribution in [0.2, 0.25) is 0 Å². The zero-order valence-corrected chi connectivity index (χ0v) is 14.4. The number of benzene rings is 1. The maximum atomic E-state index is 3.73. The average molecular weight is 287 g/mol. The smallest absolute Gasteiger partial charge is 0.00983 e. The van der Waals surface area contributed by atoms with Crippen molar-refractivity contribution >= 4 is 0 Å². The molecular weight excluding hydrogens is 254 g/mol. The Kier molecular flexibility index (Phi) is 5.87. The van der Waals surface area contributed by atoms with Crippen molar-refractivity contribution in [2.75, 3.05) is 6.54 Å². The summed E-state index contributed by atoms with van der Waals surface area (Å²) in [4.78, 5) is 0. The highest BCUT2D eigenvalue weighted by atomic mass is 14.9. The summed E-state index contributed by atoms with van der Waals surface area (Å²) < 4.78 is 0. The van der Waals surface area contributed by atoms with Gasteiger partial charge in [0.25, 0.3) is 0 Å². The van der Waals surface area contributed by atoms with Gasteiger partial charge >= 0.3 is 0 Å². The molecule has 1 aliphatic rings. The standard InChI is InChI=1S/C20H33N/c1-5-21-19-10-8-6-7-9-17(19)15-16-11-13-18(14-12-16)20(2,3)4/h11-14,17,19,21H,5-10,15H2,1-4H3. The minimum absolute atomic E-state index is 0.257. The zero-order valence-electron chi connectivity index (χ0n) is 14.4. The van der Waals surface area contributed by atoms with E-state index in [1.165, 1.54) is 49.7 Å². The molecule has 2 unspecified atom stereocenters. The second-order valence-electron chi connectivity index (χ2n) is 7.71. The van der Waals surface area contributed by atoms with E-state index in [-0.39, 0.29) is 5.41 Å². The lowest BCUT2D eigenvalue weighted by atomic mass is 9.84. The highest BCUT2D eigenvalue weighted by molar-refractivity contribution is 5.27. The first-order valence-corrected chi connectivity index (χ1v) is 8.83. The van der Waals surface area contributed by atoms with Crippen LogP contribution in [0.5, 0.6) is 0 Å². The zero-order chi connectivity index (χ0) is 15.3. The van der Waals surface area contributed by atoms with Crippen molar-refractivity contribution in [3.63, 3.8) is 0 Å². The summed E-state index contributed by atoms with van der Waals surface area (Å²) in [7, 11) is 0. The first kappa shape index (κ1) is 16.5. The second-order valence-corrected chi connectivity index (χ2v) is 7.71. The Labute approximate surface area is 131 Å². The third kappa shape index (κ3) is 4.85. The first-order chi connectivity index (χ1) is 10.0. The summed E-state index contributed by atoms with van der Waals surface area (Å²) in [5.74, 6) is 0.813. The van der Waals surface area contributed by atoms with Crippen LogP contribution in [-0.4, -0.2) is 12.6 Å². The van der Waals surface area contributed by atoms with Crippen molar-refractivity contribution in [3.05, 3.63) is 35.4 Å². The lowest BCUT2D eigenvalue weighted by molar-refractivity contribution is 0.337. The molecule has 1 aliphatic carbocycles. The Balaban J connectivity index is 2.04. The fourth-order valence-electron chi connectivity index (χ4n) is 3.60. The van der Waals surface area contributed by atoms with Gasteiger partial charge in [0.2, 0.25) is 0 Å². The summed E-state index contributed by atoms with van der Waals surface area (Å²) >= 11 is 0. The van der Waals surface area contributed by atoms with Gasteiger partial charge in [0.1, 0.15) is 0 Å². The van der Waals surface area contributed by atoms with E-state index in [4.69, 9.17) is 0 Å². The van der Waals surface area contributed by atoms with Gasteiger partial charge in [-0.3, -0.25) is 0 Å². The topological polar surface area (TPSA) is 12.0 Å². The quantitative estimate of drug-likeness (QED) is 0.761. The molecule has 2 atom stereocenters. The summed E-state index contributed by atoms with van der Waals surface area (Å²) in [6, 6.07) is 10.1. The summed E-state index contributed by atoms with van der Waals surface area (Å²) in [5, 5.41) is 3.73. The maximum absolute atomic E-state index is 3.73. The molecule has 21 heavy (non-hydrogen) atoms. The van der Waals surface area contributed by atoms with E-state index in [1.54, 1.807) is 0 Å². The van der Waals surface area contributed by atoms with Crippen LogP contribution in [0.1, 0.15) is 70.9 Å². The van der Waals surface area contributed by atoms with Gasteiger partial charge in [-0.25, -0.2) is 0 Å². The Morgan fingerprint density at radius 2 is 1.67 bits per heavy atom. The number of hydrogen-bond donors (Lipinski definition) is 1. The van der Waals surface area contributed by atoms with Gasteiger partial charge in [-0.1, -0.05) is 71.2 Å². The number of hydrogen-bond acceptors (Lipinski definition) is 1. The van der Waals surface area contributed by atoms with E-state index in [9.17, 15) is 0 Å². The molecule has 0 saturated heterocycles. The van der Waals surface area contributed by atoms with E-state index >= 15 is 0 Å². The first-order valence-electron chi connectivity index (χ1n) is 8.83. The Hall–Kier alpha value is -0.820. The van der Waals surface area contributed by atoms with Gasteiger partial charge in [-0.2, -0.15) is 0 Å². The summed E-state index contributed by atoms with van der Waals surface area (Å²) in [5.41, 5.74) is 3.21. The molecule has 0 heterocycles. The van der Waals surface area contributed by atoms with Crippen LogP contribution < -0.4 is 5.32 Å². The minimum atomic E-state index is 0.257. The molecule has 0 amide bonds. The van der Waals surface area contributed by atoms with Crippen LogP contribution in [0.15, 0.2) is 24.3 Å². The van der Waals surface area contributed by atoms with Crippen molar-refractivity contribution < 1.29 is 0 Å². The monoisotopic (exact) mass is 287 g/mol. The SMILES string of the molecule is CCNC1CCCCCC1Cc1ccc(C(C)(C)C)cc1. The molecule has 1 saturated carbocycles. The van der Waals surface area contributed by atoms with Crippen LogP contribution in [0.4, 0.5) is 0 Å². The third-order valence-corrected chi connectivity index (χ3v) is 4.94. The molecule has 0 aliphatic heterocycles. The molecule has 0 spiro atoms. The molecule has 0 aromatic heterocycles. The molecule has 0 radical (unpaired) electrons. The van der Waals surface area contributed by atoms with Crippen molar-refractivity contribution in [3.8, 4) is 0 Å². The van der Waals surface area contributed by atoms with Crippen LogP contribution >= 0.6 is 0 Å². The molecule has 1 heteroatoms. The second kappa shape index (κ2) is 7.45. The van der Waals surface area contributed by atoms with E-state index in [0.29, 0.717) is 0 Å². The van der Waals surface area contributed by atoms with Crippen molar-refractivity contribution in [1.29, 1.82) is 0 Å². The molecule has 1 aromatic rings. The molecule has 0 bridgehead atoms. The van der Waals surface area contributed by atoms with Crippen LogP contribution in [0.25, 0.3) is 0 Å². The van der Waals surface area contributed by atoms with Gasteiger partial charge in [-0.05, 0) is 48.3 Å². The van der Waals surface area contributed by atoms with E-state index < -0.39 is 0 Å².